The smallest absolute Gasteiger partial charge is 0.267 e. The molecule has 2 aliphatic heterocycles. The number of anilines is 1. The Hall–Kier alpha value is -2.23. The van der Waals surface area contributed by atoms with Gasteiger partial charge in [0.1, 0.15) is 15.8 Å². The summed E-state index contributed by atoms with van der Waals surface area (Å²) in [6.45, 7) is 10.0. The average Bonchev–Trinajstić information content (AvgIpc) is 3.05. The number of amides is 1. The monoisotopic (exact) mass is 500 g/mol. The number of ether oxygens (including phenoxy) is 1. The highest BCUT2D eigenvalue weighted by Gasteiger charge is 2.33. The molecule has 34 heavy (non-hydrogen) atoms. The van der Waals surface area contributed by atoms with Gasteiger partial charge in [0.2, 0.25) is 0 Å². The van der Waals surface area contributed by atoms with Crippen LogP contribution in [-0.4, -0.2) is 56.4 Å². The van der Waals surface area contributed by atoms with Crippen molar-refractivity contribution in [1.82, 2.24) is 14.3 Å². The van der Waals surface area contributed by atoms with Crippen LogP contribution < -0.4 is 10.5 Å². The van der Waals surface area contributed by atoms with Gasteiger partial charge in [-0.3, -0.25) is 18.9 Å². The van der Waals surface area contributed by atoms with E-state index in [1.54, 1.807) is 21.6 Å². The molecule has 0 aromatic carbocycles. The Morgan fingerprint density at radius 3 is 2.65 bits per heavy atom. The summed E-state index contributed by atoms with van der Waals surface area (Å²) in [5.41, 5.74) is 1.76. The van der Waals surface area contributed by atoms with Gasteiger partial charge >= 0.3 is 0 Å². The number of aryl methyl sites for hydroxylation is 1. The minimum absolute atomic E-state index is 0.00931. The van der Waals surface area contributed by atoms with Crippen LogP contribution in [0.2, 0.25) is 0 Å². The minimum Gasteiger partial charge on any atom is -0.372 e. The largest absolute Gasteiger partial charge is 0.372 e. The van der Waals surface area contributed by atoms with Crippen LogP contribution in [0.5, 0.6) is 0 Å². The van der Waals surface area contributed by atoms with Gasteiger partial charge in [0.15, 0.2) is 0 Å². The third kappa shape index (κ3) is 5.06. The van der Waals surface area contributed by atoms with Crippen molar-refractivity contribution in [2.45, 2.75) is 65.6 Å². The molecule has 2 atom stereocenters. The van der Waals surface area contributed by atoms with Crippen LogP contribution in [-0.2, 0) is 9.53 Å². The number of nitrogens with zero attached hydrogens (tertiary/aromatic N) is 4. The molecular weight excluding hydrogens is 468 g/mol. The molecule has 2 aliphatic rings. The van der Waals surface area contributed by atoms with Crippen molar-refractivity contribution in [1.29, 1.82) is 0 Å². The normalized spacial score (nSPS) is 22.4. The molecule has 0 aliphatic carbocycles. The van der Waals surface area contributed by atoms with Crippen molar-refractivity contribution in [3.05, 3.63) is 44.7 Å². The molecule has 182 valence electrons. The van der Waals surface area contributed by atoms with Crippen LogP contribution in [0.25, 0.3) is 11.7 Å². The predicted octanol–water partition coefficient (Wildman–Crippen LogP) is 4.40. The minimum atomic E-state index is -0.191. The van der Waals surface area contributed by atoms with Crippen LogP contribution >= 0.6 is 24.0 Å². The molecule has 0 spiro atoms. The van der Waals surface area contributed by atoms with E-state index in [2.05, 4.69) is 11.8 Å². The Morgan fingerprint density at radius 1 is 1.21 bits per heavy atom. The lowest BCUT2D eigenvalue weighted by molar-refractivity contribution is -0.122. The molecule has 4 heterocycles. The summed E-state index contributed by atoms with van der Waals surface area (Å²) in [6.07, 6.45) is 7.70. The van der Waals surface area contributed by atoms with Crippen molar-refractivity contribution in [2.75, 3.05) is 24.5 Å². The van der Waals surface area contributed by atoms with Gasteiger partial charge < -0.3 is 9.64 Å². The standard InChI is InChI=1S/C25H32N4O3S2/c1-5-6-7-8-11-29-24(31)20(34-25(29)33)13-19-22(27-14-17(3)32-18(4)15-27)26-21-16(2)10-9-12-28(21)23(19)30/h9-10,12-13,17-18H,5-8,11,14-15H2,1-4H3/b20-13+. The van der Waals surface area contributed by atoms with Crippen molar-refractivity contribution in [3.8, 4) is 0 Å². The molecule has 4 rings (SSSR count). The lowest BCUT2D eigenvalue weighted by atomic mass is 10.1. The van der Waals surface area contributed by atoms with Gasteiger partial charge in [-0.05, 0) is 44.9 Å². The SMILES string of the molecule is CCCCCCN1C(=O)/C(=C\c2c(N3CC(C)OC(C)C3)nc3c(C)cccn3c2=O)SC1=S. The first kappa shape index (κ1) is 24.9. The number of rotatable bonds is 7. The Bertz CT molecular complexity index is 1180. The van der Waals surface area contributed by atoms with Crippen LogP contribution in [0.4, 0.5) is 5.82 Å². The van der Waals surface area contributed by atoms with Crippen molar-refractivity contribution < 1.29 is 9.53 Å². The van der Waals surface area contributed by atoms with E-state index in [9.17, 15) is 9.59 Å². The molecule has 2 saturated heterocycles. The van der Waals surface area contributed by atoms with Gasteiger partial charge in [-0.2, -0.15) is 0 Å². The number of aromatic nitrogens is 2. The summed E-state index contributed by atoms with van der Waals surface area (Å²) in [5, 5.41) is 0. The molecule has 2 aromatic rings. The fourth-order valence-electron chi connectivity index (χ4n) is 4.54. The molecule has 0 N–H and O–H groups in total. The van der Waals surface area contributed by atoms with E-state index in [0.717, 1.165) is 31.2 Å². The maximum atomic E-state index is 13.7. The van der Waals surface area contributed by atoms with Crippen LogP contribution in [0.3, 0.4) is 0 Å². The van der Waals surface area contributed by atoms with E-state index in [1.807, 2.05) is 32.9 Å². The number of thioether (sulfide) groups is 1. The van der Waals surface area contributed by atoms with Crippen molar-refractivity contribution >= 4 is 51.7 Å². The van der Waals surface area contributed by atoms with E-state index < -0.39 is 0 Å². The zero-order valence-electron chi connectivity index (χ0n) is 20.2. The summed E-state index contributed by atoms with van der Waals surface area (Å²) in [7, 11) is 0. The van der Waals surface area contributed by atoms with Gasteiger partial charge in [0.25, 0.3) is 11.5 Å². The maximum Gasteiger partial charge on any atom is 0.267 e. The first-order valence-corrected chi connectivity index (χ1v) is 13.2. The summed E-state index contributed by atoms with van der Waals surface area (Å²) in [4.78, 5) is 36.0. The highest BCUT2D eigenvalue weighted by molar-refractivity contribution is 8.26. The zero-order chi connectivity index (χ0) is 24.4. The highest BCUT2D eigenvalue weighted by atomic mass is 32.2. The van der Waals surface area contributed by atoms with Crippen LogP contribution in [0, 0.1) is 6.92 Å². The van der Waals surface area contributed by atoms with Gasteiger partial charge in [-0.15, -0.1) is 0 Å². The van der Waals surface area contributed by atoms with Gasteiger partial charge in [-0.1, -0.05) is 56.2 Å². The van der Waals surface area contributed by atoms with E-state index in [0.29, 0.717) is 45.9 Å². The summed E-state index contributed by atoms with van der Waals surface area (Å²) in [6, 6.07) is 3.78. The molecule has 2 aromatic heterocycles. The molecule has 9 heteroatoms. The second-order valence-electron chi connectivity index (χ2n) is 9.10. The number of morpholine rings is 1. The number of hydrogen-bond acceptors (Lipinski definition) is 7. The number of carbonyl (C=O) groups is 1. The number of hydrogen-bond donors (Lipinski definition) is 0. The third-order valence-corrected chi connectivity index (χ3v) is 7.55. The zero-order valence-corrected chi connectivity index (χ0v) is 21.9. The summed E-state index contributed by atoms with van der Waals surface area (Å²) >= 11 is 6.77. The number of carbonyl (C=O) groups excluding carboxylic acids is 1. The Kier molecular flexibility index (Phi) is 7.74. The lowest BCUT2D eigenvalue weighted by Gasteiger charge is -2.36. The van der Waals surface area contributed by atoms with Crippen LogP contribution in [0.15, 0.2) is 28.0 Å². The van der Waals surface area contributed by atoms with E-state index in [4.69, 9.17) is 21.9 Å². The second-order valence-corrected chi connectivity index (χ2v) is 10.8. The quantitative estimate of drug-likeness (QED) is 0.317. The lowest BCUT2D eigenvalue weighted by Crippen LogP contribution is -2.46. The predicted molar refractivity (Wildman–Crippen MR) is 142 cm³/mol. The fraction of sp³-hybridized carbons (Fsp3) is 0.520. The molecule has 2 fully saturated rings. The van der Waals surface area contributed by atoms with Crippen molar-refractivity contribution in [3.63, 3.8) is 0 Å². The Labute approximate surface area is 210 Å². The van der Waals surface area contributed by atoms with Gasteiger partial charge in [0.05, 0.1) is 22.7 Å². The van der Waals surface area contributed by atoms with E-state index >= 15 is 0 Å². The molecule has 2 unspecified atom stereocenters. The Morgan fingerprint density at radius 2 is 1.94 bits per heavy atom. The number of thiocarbonyl (C=S) groups is 1. The number of unbranched alkanes of at least 4 members (excludes halogenated alkanes) is 3. The first-order valence-electron chi connectivity index (χ1n) is 12.0. The third-order valence-electron chi connectivity index (χ3n) is 6.17. The fourth-order valence-corrected chi connectivity index (χ4v) is 5.83. The molecule has 0 radical (unpaired) electrons. The van der Waals surface area contributed by atoms with Crippen LogP contribution in [0.1, 0.15) is 57.6 Å². The molecule has 0 saturated carbocycles. The topological polar surface area (TPSA) is 67.2 Å². The second kappa shape index (κ2) is 10.6. The molecule has 0 bridgehead atoms. The summed E-state index contributed by atoms with van der Waals surface area (Å²) in [5.74, 6) is 0.462. The number of fused-ring (bicyclic) bond motifs is 1. The van der Waals surface area contributed by atoms with Gasteiger partial charge in [0, 0.05) is 25.8 Å². The highest BCUT2D eigenvalue weighted by Crippen LogP contribution is 2.34. The molecular formula is C25H32N4O3S2. The van der Waals surface area contributed by atoms with E-state index in [-0.39, 0.29) is 23.7 Å². The Balaban J connectivity index is 1.76. The maximum absolute atomic E-state index is 13.7. The van der Waals surface area contributed by atoms with Crippen molar-refractivity contribution in [2.24, 2.45) is 0 Å². The molecule has 7 nitrogen and oxygen atoms in total. The first-order chi connectivity index (χ1) is 16.3. The number of pyridine rings is 1. The average molecular weight is 501 g/mol. The molecule has 1 amide bonds. The summed E-state index contributed by atoms with van der Waals surface area (Å²) < 4.78 is 8.01. The van der Waals surface area contributed by atoms with Gasteiger partial charge in [-0.25, -0.2) is 4.98 Å². The van der Waals surface area contributed by atoms with E-state index in [1.165, 1.54) is 11.8 Å².